The maximum absolute atomic E-state index is 6.11. The summed E-state index contributed by atoms with van der Waals surface area (Å²) in [5.74, 6) is 0. The standard InChI is InChI=1S/C18H23ClN4OSi/c1-13-7-15(22-11-21-13)17-8-14-10-20-18(19)9-16(14)23(17)12-24-5-6-25(2,3)4/h7-11H,5-6,12H2,1-4H3. The molecule has 3 aromatic rings. The van der Waals surface area contributed by atoms with E-state index in [0.29, 0.717) is 11.9 Å². The van der Waals surface area contributed by atoms with Crippen molar-refractivity contribution in [3.63, 3.8) is 0 Å². The average Bonchev–Trinajstić information content (AvgIpc) is 2.88. The van der Waals surface area contributed by atoms with Crippen molar-refractivity contribution in [3.05, 3.63) is 41.6 Å². The first-order chi connectivity index (χ1) is 11.8. The van der Waals surface area contributed by atoms with E-state index in [4.69, 9.17) is 16.3 Å². The van der Waals surface area contributed by atoms with Gasteiger partial charge in [-0.2, -0.15) is 0 Å². The molecule has 0 aliphatic rings. The lowest BCUT2D eigenvalue weighted by Crippen LogP contribution is -2.22. The number of hydrogen-bond donors (Lipinski definition) is 0. The van der Waals surface area contributed by atoms with E-state index in [1.54, 1.807) is 12.5 Å². The zero-order valence-electron chi connectivity index (χ0n) is 15.1. The minimum absolute atomic E-state index is 0.465. The lowest BCUT2D eigenvalue weighted by Gasteiger charge is -2.17. The maximum atomic E-state index is 6.11. The number of rotatable bonds is 6. The van der Waals surface area contributed by atoms with Gasteiger partial charge >= 0.3 is 0 Å². The maximum Gasteiger partial charge on any atom is 0.131 e. The van der Waals surface area contributed by atoms with Crippen molar-refractivity contribution in [2.45, 2.75) is 39.3 Å². The van der Waals surface area contributed by atoms with Crippen molar-refractivity contribution in [2.24, 2.45) is 0 Å². The average molecular weight is 375 g/mol. The van der Waals surface area contributed by atoms with Gasteiger partial charge in [0.25, 0.3) is 0 Å². The van der Waals surface area contributed by atoms with Gasteiger partial charge in [-0.3, -0.25) is 0 Å². The van der Waals surface area contributed by atoms with Gasteiger partial charge in [-0.15, -0.1) is 0 Å². The molecular weight excluding hydrogens is 352 g/mol. The predicted molar refractivity (Wildman–Crippen MR) is 105 cm³/mol. The summed E-state index contributed by atoms with van der Waals surface area (Å²) < 4.78 is 8.09. The first-order valence-corrected chi connectivity index (χ1v) is 12.4. The molecule has 0 bridgehead atoms. The molecule has 3 rings (SSSR count). The summed E-state index contributed by atoms with van der Waals surface area (Å²) in [6.07, 6.45) is 3.37. The highest BCUT2D eigenvalue weighted by atomic mass is 35.5. The molecular formula is C18H23ClN4OSi. The quantitative estimate of drug-likeness (QED) is 0.354. The molecule has 25 heavy (non-hydrogen) atoms. The molecule has 0 radical (unpaired) electrons. The summed E-state index contributed by atoms with van der Waals surface area (Å²) in [5, 5.41) is 1.49. The van der Waals surface area contributed by atoms with Crippen LogP contribution in [0.3, 0.4) is 0 Å². The molecule has 0 aliphatic heterocycles. The van der Waals surface area contributed by atoms with Gasteiger partial charge in [0.1, 0.15) is 18.2 Å². The fourth-order valence-electron chi connectivity index (χ4n) is 2.61. The van der Waals surface area contributed by atoms with Crippen molar-refractivity contribution < 1.29 is 4.74 Å². The summed E-state index contributed by atoms with van der Waals surface area (Å²) in [7, 11) is -1.11. The molecule has 0 saturated carbocycles. The molecule has 3 heterocycles. The molecule has 0 aliphatic carbocycles. The highest BCUT2D eigenvalue weighted by Crippen LogP contribution is 2.28. The SMILES string of the molecule is Cc1cc(-c2cc3cnc(Cl)cc3n2COCC[Si](C)(C)C)ncn1. The lowest BCUT2D eigenvalue weighted by molar-refractivity contribution is 0.0912. The Morgan fingerprint density at radius 3 is 2.64 bits per heavy atom. The van der Waals surface area contributed by atoms with Gasteiger partial charge in [-0.25, -0.2) is 15.0 Å². The van der Waals surface area contributed by atoms with Crippen molar-refractivity contribution in [1.82, 2.24) is 19.5 Å². The number of nitrogens with zero attached hydrogens (tertiary/aromatic N) is 4. The second-order valence-corrected chi connectivity index (χ2v) is 13.4. The van der Waals surface area contributed by atoms with Crippen LogP contribution in [0.4, 0.5) is 0 Å². The lowest BCUT2D eigenvalue weighted by atomic mass is 10.2. The third kappa shape index (κ3) is 4.45. The normalized spacial score (nSPS) is 12.0. The minimum atomic E-state index is -1.11. The topological polar surface area (TPSA) is 52.8 Å². The molecule has 0 aromatic carbocycles. The number of pyridine rings is 1. The van der Waals surface area contributed by atoms with Gasteiger partial charge in [-0.1, -0.05) is 31.2 Å². The predicted octanol–water partition coefficient (Wildman–Crippen LogP) is 4.77. The van der Waals surface area contributed by atoms with Crippen LogP contribution < -0.4 is 0 Å². The third-order valence-corrected chi connectivity index (χ3v) is 5.95. The molecule has 0 atom stereocenters. The summed E-state index contributed by atoms with van der Waals surface area (Å²) in [5.41, 5.74) is 3.78. The molecule has 5 nitrogen and oxygen atoms in total. The highest BCUT2D eigenvalue weighted by molar-refractivity contribution is 6.76. The second-order valence-electron chi connectivity index (χ2n) is 7.42. The Kier molecular flexibility index (Phi) is 5.22. The fraction of sp³-hybridized carbons (Fsp3) is 0.389. The van der Waals surface area contributed by atoms with E-state index in [-0.39, 0.29) is 0 Å². The zero-order chi connectivity index (χ0) is 18.0. The molecule has 0 unspecified atom stereocenters. The molecule has 0 amide bonds. The number of aromatic nitrogens is 4. The van der Waals surface area contributed by atoms with Crippen molar-refractivity contribution >= 4 is 30.6 Å². The van der Waals surface area contributed by atoms with Gasteiger partial charge < -0.3 is 9.30 Å². The van der Waals surface area contributed by atoms with Crippen LogP contribution >= 0.6 is 11.6 Å². The van der Waals surface area contributed by atoms with E-state index in [9.17, 15) is 0 Å². The van der Waals surface area contributed by atoms with Gasteiger partial charge in [0.15, 0.2) is 0 Å². The molecule has 0 N–H and O–H groups in total. The van der Waals surface area contributed by atoms with Gasteiger partial charge in [-0.05, 0) is 31.2 Å². The Morgan fingerprint density at radius 1 is 1.12 bits per heavy atom. The van der Waals surface area contributed by atoms with Gasteiger partial charge in [0.05, 0.1) is 16.9 Å². The molecule has 0 spiro atoms. The summed E-state index contributed by atoms with van der Waals surface area (Å²) >= 11 is 6.11. The Hall–Kier alpha value is -1.76. The van der Waals surface area contributed by atoms with Gasteiger partial charge in [0, 0.05) is 32.0 Å². The second kappa shape index (κ2) is 7.23. The van der Waals surface area contributed by atoms with Crippen LogP contribution in [0.15, 0.2) is 30.7 Å². The van der Waals surface area contributed by atoms with Crippen LogP contribution in [0.2, 0.25) is 30.8 Å². The number of ether oxygens (including phenoxy) is 1. The van der Waals surface area contributed by atoms with Crippen molar-refractivity contribution in [1.29, 1.82) is 0 Å². The van der Waals surface area contributed by atoms with Crippen LogP contribution in [0.1, 0.15) is 5.69 Å². The summed E-state index contributed by atoms with van der Waals surface area (Å²) in [6, 6.07) is 7.05. The monoisotopic (exact) mass is 374 g/mol. The molecule has 132 valence electrons. The third-order valence-electron chi connectivity index (χ3n) is 4.04. The largest absolute Gasteiger partial charge is 0.361 e. The van der Waals surface area contributed by atoms with Gasteiger partial charge in [0.2, 0.25) is 0 Å². The Bertz CT molecular complexity index is 888. The number of halogens is 1. The van der Waals surface area contributed by atoms with Crippen LogP contribution in [-0.4, -0.2) is 34.2 Å². The van der Waals surface area contributed by atoms with Crippen LogP contribution in [0.5, 0.6) is 0 Å². The van der Waals surface area contributed by atoms with Crippen molar-refractivity contribution in [2.75, 3.05) is 6.61 Å². The zero-order valence-corrected chi connectivity index (χ0v) is 16.8. The minimum Gasteiger partial charge on any atom is -0.361 e. The van der Waals surface area contributed by atoms with Crippen LogP contribution in [0, 0.1) is 6.92 Å². The Morgan fingerprint density at radius 2 is 1.92 bits per heavy atom. The van der Waals surface area contributed by atoms with E-state index < -0.39 is 8.07 Å². The Balaban J connectivity index is 1.95. The smallest absolute Gasteiger partial charge is 0.131 e. The highest BCUT2D eigenvalue weighted by Gasteiger charge is 2.15. The van der Waals surface area contributed by atoms with E-state index in [1.165, 1.54) is 0 Å². The molecule has 0 fully saturated rings. The van der Waals surface area contributed by atoms with Crippen LogP contribution in [0.25, 0.3) is 22.3 Å². The number of aryl methyl sites for hydroxylation is 1. The first-order valence-electron chi connectivity index (χ1n) is 8.35. The number of fused-ring (bicyclic) bond motifs is 1. The first kappa shape index (κ1) is 18.0. The fourth-order valence-corrected chi connectivity index (χ4v) is 3.52. The van der Waals surface area contributed by atoms with E-state index >= 15 is 0 Å². The van der Waals surface area contributed by atoms with Crippen molar-refractivity contribution in [3.8, 4) is 11.4 Å². The Labute approximate surface area is 154 Å². The molecule has 7 heteroatoms. The van der Waals surface area contributed by atoms with E-state index in [2.05, 4.69) is 45.2 Å². The van der Waals surface area contributed by atoms with Crippen LogP contribution in [-0.2, 0) is 11.5 Å². The summed E-state index contributed by atoms with van der Waals surface area (Å²) in [4.78, 5) is 12.8. The van der Waals surface area contributed by atoms with E-state index in [0.717, 1.165) is 40.6 Å². The molecule has 0 saturated heterocycles. The molecule has 3 aromatic heterocycles. The van der Waals surface area contributed by atoms with E-state index in [1.807, 2.05) is 19.1 Å². The number of hydrogen-bond acceptors (Lipinski definition) is 4. The summed E-state index contributed by atoms with van der Waals surface area (Å²) in [6.45, 7) is 10.2.